The number of anilines is 4. The first-order valence-electron chi connectivity index (χ1n) is 39.3. The number of piperidine rings is 1. The molecule has 0 spiro atoms. The number of aromatic nitrogens is 4. The Morgan fingerprint density at radius 2 is 1.00 bits per heavy atom. The molecule has 10 aliphatic rings. The average Bonchev–Trinajstić information content (AvgIpc) is 1.61. The van der Waals surface area contributed by atoms with Gasteiger partial charge in [0, 0.05) is 17.1 Å². The summed E-state index contributed by atoms with van der Waals surface area (Å²) in [4.78, 5) is 54.2. The Hall–Kier alpha value is -6.80. The number of para-hydroxylation sites is 4. The number of methoxy groups -OCH3 is 3. The van der Waals surface area contributed by atoms with Crippen molar-refractivity contribution in [3.05, 3.63) is 205 Å². The second kappa shape index (κ2) is 42.5. The molecule has 10 aromatic rings. The maximum atomic E-state index is 11.6. The number of nitrogens with two attached hydrogens (primary N) is 4. The number of hydrogen-bond donors (Lipinski definition) is 5. The molecule has 640 valence electrons. The summed E-state index contributed by atoms with van der Waals surface area (Å²) < 4.78 is 61.6. The minimum atomic E-state index is -0.411. The minimum Gasteiger partial charge on any atom is -0.489 e. The summed E-state index contributed by atoms with van der Waals surface area (Å²) in [6.45, 7) is 1.65. The van der Waals surface area contributed by atoms with Crippen LogP contribution in [0.3, 0.4) is 0 Å². The zero-order valence-electron chi connectivity index (χ0n) is 65.9. The van der Waals surface area contributed by atoms with Crippen molar-refractivity contribution in [3.8, 4) is 40.2 Å². The molecule has 0 amide bonds. The van der Waals surface area contributed by atoms with E-state index in [9.17, 15) is 19.2 Å². The topological polar surface area (TPSA) is 320 Å². The first-order chi connectivity index (χ1) is 58.1. The van der Waals surface area contributed by atoms with E-state index in [1.54, 1.807) is 54.6 Å². The second-order valence-electron chi connectivity index (χ2n) is 29.9. The van der Waals surface area contributed by atoms with E-state index in [0.717, 1.165) is 127 Å². The molecule has 23 nitrogen and oxygen atoms in total. The molecule has 8 saturated carbocycles. The number of rotatable bonds is 20. The number of thiazole rings is 2. The molecule has 1 aliphatic heterocycles. The Bertz CT molecular complexity index is 5240. The number of nitrogens with zero attached hydrogens (tertiary/aromatic N) is 4. The average molecular weight is 2230 g/mol. The van der Waals surface area contributed by atoms with E-state index in [1.807, 2.05) is 89.7 Å². The number of Topliss-reactive ketones (excluding diaryl/α,β-unsaturated/α-hetero) is 1. The lowest BCUT2D eigenvalue weighted by atomic mass is 10.1. The van der Waals surface area contributed by atoms with Crippen molar-refractivity contribution in [2.75, 3.05) is 50.8 Å². The molecule has 3 aromatic heterocycles. The smallest absolute Gasteiger partial charge is 0.338 e. The Morgan fingerprint density at radius 1 is 0.537 bits per heavy atom. The van der Waals surface area contributed by atoms with Crippen LogP contribution in [0.25, 0.3) is 26.1 Å². The molecule has 20 rings (SSSR count). The van der Waals surface area contributed by atoms with Gasteiger partial charge in [-0.05, 0) is 300 Å². The lowest BCUT2D eigenvalue weighted by molar-refractivity contribution is -0.111. The number of fused-ring (bicyclic) bond motifs is 4. The van der Waals surface area contributed by atoms with Crippen LogP contribution in [0.4, 0.5) is 22.2 Å². The number of hydrogen-bond acceptors (Lipinski definition) is 24. The molecule has 2 bridgehead atoms. The number of allylic oxidation sites excluding steroid dienone is 4. The first kappa shape index (κ1) is 91.9. The summed E-state index contributed by atoms with van der Waals surface area (Å²) in [6, 6.07) is 39.4. The van der Waals surface area contributed by atoms with Gasteiger partial charge in [0.15, 0.2) is 9.05 Å². The number of carbonyl (C=O) groups is 4. The largest absolute Gasteiger partial charge is 0.489 e. The highest BCUT2D eigenvalue weighted by atomic mass is 127. The number of carbonyl (C=O) groups excluding carboxylic acids is 4. The number of nitrogens with one attached hydrogen (secondary N) is 1. The molecule has 34 heteroatoms. The van der Waals surface area contributed by atoms with Gasteiger partial charge in [0.2, 0.25) is 5.78 Å². The van der Waals surface area contributed by atoms with Crippen molar-refractivity contribution in [1.82, 2.24) is 25.1 Å². The van der Waals surface area contributed by atoms with Crippen LogP contribution in [0.2, 0.25) is 10.0 Å². The molecule has 9 N–H and O–H groups in total. The highest BCUT2D eigenvalue weighted by Gasteiger charge is 2.41. The number of alkyl halides is 2. The van der Waals surface area contributed by atoms with E-state index in [4.69, 9.17) is 88.8 Å². The van der Waals surface area contributed by atoms with Crippen LogP contribution in [0.5, 0.6) is 34.5 Å². The fraction of sp³-hybridized carbons (Fsp3) is 0.368. The van der Waals surface area contributed by atoms with Crippen molar-refractivity contribution >= 4 is 230 Å². The van der Waals surface area contributed by atoms with Gasteiger partial charge in [-0.15, -0.1) is 11.3 Å². The van der Waals surface area contributed by atoms with Crippen molar-refractivity contribution in [3.63, 3.8) is 0 Å². The van der Waals surface area contributed by atoms with Gasteiger partial charge >= 0.3 is 17.9 Å². The quantitative estimate of drug-likeness (QED) is 0.0156. The van der Waals surface area contributed by atoms with Gasteiger partial charge in [-0.2, -0.15) is 5.10 Å². The van der Waals surface area contributed by atoms with Crippen LogP contribution in [-0.2, 0) is 30.3 Å². The van der Waals surface area contributed by atoms with Crippen LogP contribution in [0.1, 0.15) is 151 Å². The normalized spacial score (nSPS) is 18.6. The lowest BCUT2D eigenvalue weighted by Gasteiger charge is -2.23. The van der Waals surface area contributed by atoms with Crippen molar-refractivity contribution < 1.29 is 66.5 Å². The monoisotopic (exact) mass is 2220 g/mol. The SMILES string of the molecule is COC(=O)c1cc(OC2CC2)c2nc(Br)sc2c1.COC(=O)c1cc(OC2CC2)c2nc(N)sc2c1.COC(=O)c1ccc(N)c(OC2CC2)c1.Clc1cccc(Cl)c1-n1ncc(C2CC2)c1COC1C[C@@H]2C[C@H]1CN2.Ic1ccccc1OC1CC1.Nc1ccc(Br)cc1OC1CC1.Nc1ccccc1OC1CC1.O=C1C(Br)=CC(Br)(Br)C=C1Br. The lowest BCUT2D eigenvalue weighted by Crippen LogP contribution is -2.34. The third kappa shape index (κ3) is 27.1. The van der Waals surface area contributed by atoms with Gasteiger partial charge in [0.1, 0.15) is 54.5 Å². The predicted octanol–water partition coefficient (Wildman–Crippen LogP) is 22.3. The van der Waals surface area contributed by atoms with Gasteiger partial charge in [-0.1, -0.05) is 113 Å². The molecule has 3 atom stereocenters. The molecule has 4 heterocycles. The Kier molecular flexibility index (Phi) is 32.2. The number of benzene rings is 7. The molecular weight excluding hydrogens is 2140 g/mol. The van der Waals surface area contributed by atoms with Crippen LogP contribution < -0.4 is 56.7 Å². The highest BCUT2D eigenvalue weighted by molar-refractivity contribution is 14.1. The molecule has 1 unspecified atom stereocenters. The maximum absolute atomic E-state index is 11.6. The molecular formula is C87H88Br6Cl2IN9O14S2. The molecule has 121 heavy (non-hydrogen) atoms. The number of ether oxygens (including phenoxy) is 10. The van der Waals surface area contributed by atoms with Gasteiger partial charge in [-0.3, -0.25) is 4.79 Å². The van der Waals surface area contributed by atoms with Crippen molar-refractivity contribution in [1.29, 1.82) is 0 Å². The summed E-state index contributed by atoms with van der Waals surface area (Å²) >= 11 is 37.7. The highest BCUT2D eigenvalue weighted by Crippen LogP contribution is 2.46. The fourth-order valence-electron chi connectivity index (χ4n) is 12.4. The third-order valence-corrected chi connectivity index (χ3v) is 26.1. The van der Waals surface area contributed by atoms with Gasteiger partial charge in [-0.25, -0.2) is 29.0 Å². The van der Waals surface area contributed by atoms with Crippen molar-refractivity contribution in [2.45, 2.75) is 167 Å². The zero-order chi connectivity index (χ0) is 85.8. The summed E-state index contributed by atoms with van der Waals surface area (Å²) in [5, 5.41) is 9.85. The molecule has 0 radical (unpaired) electrons. The number of halogens is 9. The maximum Gasteiger partial charge on any atom is 0.338 e. The Balaban J connectivity index is 0.000000121. The van der Waals surface area contributed by atoms with Crippen LogP contribution in [0, 0.1) is 9.49 Å². The van der Waals surface area contributed by atoms with Gasteiger partial charge in [0.25, 0.3) is 0 Å². The van der Waals surface area contributed by atoms with E-state index in [2.05, 4.69) is 149 Å². The standard InChI is InChI=1S/C19H21Cl2N3O.C12H10BrNO3S.C12H12N2O3S.C11H13NO3.C9H10BrNO.C9H9IO.C9H11NO.C6H2Br4O/c20-15-2-1-3-16(21)19(15)24-17(14(9-23-24)11-4-5-11)10-25-18-7-13-6-12(18)8-22-13;2*1-16-11(15)6-4-8(17-7-2-3-7)10-9(5-6)18-12(13)14-10;1-14-11(13)7-2-5-9(12)10(6-7)15-8-3-4-8;10-6-1-4-8(11)9(5-6)12-7-2-3-7;2*10-8-3-1-2-4-9(8)11-7-5-6-7;7-3-1-6(9,10)2-4(8)5(3)11/h1-3,9,11-13,18,22H,4-8,10H2;4-5,7H,2-3H2,1H3;4-5,7H,2-3H2,1H3,(H2,13,14);2,5-6,8H,3-4,12H2,1H3;1,4-5,7H,2-3,11H2;1-4,7H,5-6H2;1-4,7H,5-6,10H2;1-2H/t12-,13-,18?;;;;;;;/m0......./s1. The third-order valence-electron chi connectivity index (χ3n) is 19.7. The fourth-order valence-corrected chi connectivity index (χ4v) is 19.6. The van der Waals surface area contributed by atoms with Crippen LogP contribution >= 0.6 is 164 Å². The summed E-state index contributed by atoms with van der Waals surface area (Å²) in [7, 11) is 4.08. The van der Waals surface area contributed by atoms with Crippen molar-refractivity contribution in [2.24, 2.45) is 5.92 Å². The molecule has 9 aliphatic carbocycles. The minimum absolute atomic E-state index is 0.0421. The van der Waals surface area contributed by atoms with E-state index >= 15 is 0 Å². The summed E-state index contributed by atoms with van der Waals surface area (Å²) in [5.74, 6) is 4.60. The second-order valence-corrected chi connectivity index (χ2v) is 41.6. The first-order valence-corrected chi connectivity index (χ1v) is 47.5. The Labute approximate surface area is 782 Å². The summed E-state index contributed by atoms with van der Waals surface area (Å²) in [5.41, 5.74) is 30.9. The van der Waals surface area contributed by atoms with Crippen LogP contribution in [0.15, 0.2) is 163 Å². The number of esters is 3. The molecule has 1 saturated heterocycles. The van der Waals surface area contributed by atoms with E-state index in [1.165, 1.54) is 98.1 Å². The van der Waals surface area contributed by atoms with E-state index in [-0.39, 0.29) is 42.0 Å². The van der Waals surface area contributed by atoms with E-state index in [0.29, 0.717) is 118 Å². The number of nitrogen functional groups attached to an aromatic ring is 4. The van der Waals surface area contributed by atoms with Crippen LogP contribution in [-0.4, -0.2) is 123 Å². The Morgan fingerprint density at radius 3 is 1.50 bits per heavy atom. The zero-order valence-corrected chi connectivity index (χ0v) is 80.7. The summed E-state index contributed by atoms with van der Waals surface area (Å²) in [6.07, 6.45) is 26.2. The van der Waals surface area contributed by atoms with Gasteiger partial charge in [0.05, 0.1) is 148 Å². The van der Waals surface area contributed by atoms with Gasteiger partial charge < -0.3 is 75.6 Å². The predicted molar refractivity (Wildman–Crippen MR) is 505 cm³/mol. The molecule has 9 fully saturated rings. The van der Waals surface area contributed by atoms with E-state index < -0.39 is 3.23 Å². The number of ketones is 1. The molecule has 7 aromatic carbocycles.